The number of nitrogens with zero attached hydrogens (tertiary/aromatic N) is 5. The van der Waals surface area contributed by atoms with E-state index in [1.807, 2.05) is 42.5 Å². The predicted molar refractivity (Wildman–Crippen MR) is 135 cm³/mol. The molecule has 35 heavy (non-hydrogen) atoms. The normalized spacial score (nSPS) is 18.0. The van der Waals surface area contributed by atoms with Gasteiger partial charge in [-0.05, 0) is 19.8 Å². The molecular weight excluding hydrogens is 442 g/mol. The Hall–Kier alpha value is -3.92. The van der Waals surface area contributed by atoms with Crippen LogP contribution in [0.25, 0.3) is 11.3 Å². The Morgan fingerprint density at radius 2 is 1.97 bits per heavy atom. The molecule has 0 unspecified atom stereocenters. The smallest absolute Gasteiger partial charge is 0.227 e. The lowest BCUT2D eigenvalue weighted by atomic mass is 10.1. The minimum atomic E-state index is 0.393. The number of hydrogen-bond acceptors (Lipinski definition) is 9. The standard InChI is InChI=1S/C25H29N9O/c1-16-15-34(10-9-26-16)24-13-22(28-23-12-20(31-32-23)18-7-8-18)29-25(30-24)27-14-19-11-21(33-35-19)17-5-3-2-4-6-17/h2-6,11-13,16,18,26H,7-10,14-15H2,1H3,(H3,27,28,29,30,31,32)/t16-/m0/s1. The van der Waals surface area contributed by atoms with E-state index in [1.54, 1.807) is 0 Å². The molecule has 1 saturated heterocycles. The second kappa shape index (κ2) is 9.38. The topological polar surface area (TPSA) is 120 Å². The average molecular weight is 472 g/mol. The van der Waals surface area contributed by atoms with Gasteiger partial charge in [0.05, 0.1) is 6.54 Å². The quantitative estimate of drug-likeness (QED) is 0.303. The first-order valence-electron chi connectivity index (χ1n) is 12.1. The Morgan fingerprint density at radius 3 is 2.80 bits per heavy atom. The molecule has 1 aliphatic carbocycles. The zero-order valence-electron chi connectivity index (χ0n) is 19.7. The number of aromatic amines is 1. The molecule has 0 bridgehead atoms. The fraction of sp³-hybridized carbons (Fsp3) is 0.360. The maximum Gasteiger partial charge on any atom is 0.227 e. The summed E-state index contributed by atoms with van der Waals surface area (Å²) in [5.41, 5.74) is 3.00. The molecule has 180 valence electrons. The zero-order chi connectivity index (χ0) is 23.6. The summed E-state index contributed by atoms with van der Waals surface area (Å²) in [7, 11) is 0. The van der Waals surface area contributed by atoms with Crippen LogP contribution in [-0.2, 0) is 6.54 Å². The summed E-state index contributed by atoms with van der Waals surface area (Å²) in [6.07, 6.45) is 2.45. The van der Waals surface area contributed by atoms with Gasteiger partial charge < -0.3 is 25.4 Å². The maximum absolute atomic E-state index is 5.54. The molecule has 1 aromatic carbocycles. The third kappa shape index (κ3) is 5.12. The lowest BCUT2D eigenvalue weighted by molar-refractivity contribution is 0.390. The molecule has 10 nitrogen and oxygen atoms in total. The van der Waals surface area contributed by atoms with E-state index < -0.39 is 0 Å². The van der Waals surface area contributed by atoms with Gasteiger partial charge in [-0.3, -0.25) is 5.10 Å². The summed E-state index contributed by atoms with van der Waals surface area (Å²) in [5, 5.41) is 21.9. The molecule has 1 saturated carbocycles. The highest BCUT2D eigenvalue weighted by Gasteiger charge is 2.26. The SMILES string of the molecule is C[C@H]1CN(c2cc(Nc3cc(C4CC4)[nH]n3)nc(NCc3cc(-c4ccccc4)no3)n2)CCN1. The van der Waals surface area contributed by atoms with Crippen molar-refractivity contribution in [2.45, 2.75) is 38.3 Å². The number of nitrogens with one attached hydrogen (secondary N) is 4. The fourth-order valence-corrected chi connectivity index (χ4v) is 4.32. The highest BCUT2D eigenvalue weighted by Crippen LogP contribution is 2.39. The summed E-state index contributed by atoms with van der Waals surface area (Å²) in [5.74, 6) is 4.18. The van der Waals surface area contributed by atoms with Crippen molar-refractivity contribution in [2.75, 3.05) is 35.2 Å². The number of benzene rings is 1. The molecule has 0 amide bonds. The van der Waals surface area contributed by atoms with E-state index >= 15 is 0 Å². The Bertz CT molecular complexity index is 1280. The van der Waals surface area contributed by atoms with Crippen LogP contribution in [0.5, 0.6) is 0 Å². The molecule has 1 atom stereocenters. The first-order chi connectivity index (χ1) is 17.2. The summed E-state index contributed by atoms with van der Waals surface area (Å²) in [6.45, 7) is 5.29. The minimum absolute atomic E-state index is 0.393. The largest absolute Gasteiger partial charge is 0.359 e. The van der Waals surface area contributed by atoms with E-state index in [4.69, 9.17) is 14.5 Å². The molecule has 4 heterocycles. The fourth-order valence-electron chi connectivity index (χ4n) is 4.32. The van der Waals surface area contributed by atoms with Gasteiger partial charge in [0.25, 0.3) is 0 Å². The van der Waals surface area contributed by atoms with Crippen LogP contribution in [0.15, 0.2) is 53.1 Å². The van der Waals surface area contributed by atoms with Crippen LogP contribution in [0.3, 0.4) is 0 Å². The molecule has 4 aromatic rings. The molecule has 10 heteroatoms. The maximum atomic E-state index is 5.54. The zero-order valence-corrected chi connectivity index (χ0v) is 19.7. The monoisotopic (exact) mass is 471 g/mol. The van der Waals surface area contributed by atoms with Crippen molar-refractivity contribution in [3.63, 3.8) is 0 Å². The lowest BCUT2D eigenvalue weighted by Gasteiger charge is -2.33. The van der Waals surface area contributed by atoms with E-state index in [9.17, 15) is 0 Å². The molecule has 0 radical (unpaired) electrons. The van der Waals surface area contributed by atoms with Gasteiger partial charge in [-0.15, -0.1) is 0 Å². The first-order valence-corrected chi connectivity index (χ1v) is 12.1. The van der Waals surface area contributed by atoms with E-state index in [0.29, 0.717) is 36.0 Å². The summed E-state index contributed by atoms with van der Waals surface area (Å²) in [6, 6.07) is 16.4. The van der Waals surface area contributed by atoms with Crippen molar-refractivity contribution in [2.24, 2.45) is 0 Å². The Balaban J connectivity index is 1.21. The molecule has 2 fully saturated rings. The molecule has 1 aliphatic heterocycles. The van der Waals surface area contributed by atoms with Crippen LogP contribution in [0.2, 0.25) is 0 Å². The van der Waals surface area contributed by atoms with Gasteiger partial charge in [0.15, 0.2) is 11.6 Å². The Morgan fingerprint density at radius 1 is 1.09 bits per heavy atom. The van der Waals surface area contributed by atoms with Crippen LogP contribution < -0.4 is 20.9 Å². The number of rotatable bonds is 8. The average Bonchev–Trinajstić information content (AvgIpc) is 3.44. The second-order valence-electron chi connectivity index (χ2n) is 9.24. The van der Waals surface area contributed by atoms with Crippen molar-refractivity contribution in [3.05, 3.63) is 60.0 Å². The van der Waals surface area contributed by atoms with Crippen LogP contribution in [0.1, 0.15) is 37.1 Å². The van der Waals surface area contributed by atoms with Crippen LogP contribution in [0.4, 0.5) is 23.4 Å². The van der Waals surface area contributed by atoms with E-state index in [2.05, 4.69) is 49.2 Å². The molecule has 3 aromatic heterocycles. The number of hydrogen-bond donors (Lipinski definition) is 4. The predicted octanol–water partition coefficient (Wildman–Crippen LogP) is 3.89. The third-order valence-electron chi connectivity index (χ3n) is 6.33. The third-order valence-corrected chi connectivity index (χ3v) is 6.33. The van der Waals surface area contributed by atoms with Crippen molar-refractivity contribution < 1.29 is 4.52 Å². The summed E-state index contributed by atoms with van der Waals surface area (Å²) >= 11 is 0. The van der Waals surface area contributed by atoms with Crippen molar-refractivity contribution >= 4 is 23.4 Å². The van der Waals surface area contributed by atoms with E-state index in [-0.39, 0.29) is 0 Å². The van der Waals surface area contributed by atoms with Gasteiger partial charge in [-0.2, -0.15) is 15.1 Å². The number of H-pyrrole nitrogens is 1. The van der Waals surface area contributed by atoms with Crippen molar-refractivity contribution in [1.29, 1.82) is 0 Å². The number of anilines is 4. The van der Waals surface area contributed by atoms with Crippen LogP contribution >= 0.6 is 0 Å². The molecule has 2 aliphatic rings. The highest BCUT2D eigenvalue weighted by atomic mass is 16.5. The minimum Gasteiger partial charge on any atom is -0.359 e. The van der Waals surface area contributed by atoms with Gasteiger partial charge in [-0.1, -0.05) is 35.5 Å². The van der Waals surface area contributed by atoms with Crippen molar-refractivity contribution in [3.8, 4) is 11.3 Å². The highest BCUT2D eigenvalue weighted by molar-refractivity contribution is 5.61. The van der Waals surface area contributed by atoms with E-state index in [1.165, 1.54) is 18.5 Å². The summed E-state index contributed by atoms with van der Waals surface area (Å²) in [4.78, 5) is 11.8. The van der Waals surface area contributed by atoms with Gasteiger partial charge in [0.1, 0.15) is 17.3 Å². The van der Waals surface area contributed by atoms with Gasteiger partial charge >= 0.3 is 0 Å². The van der Waals surface area contributed by atoms with Gasteiger partial charge in [-0.25, -0.2) is 0 Å². The van der Waals surface area contributed by atoms with Gasteiger partial charge in [0.2, 0.25) is 5.95 Å². The van der Waals surface area contributed by atoms with Gasteiger partial charge in [0, 0.05) is 61.1 Å². The lowest BCUT2D eigenvalue weighted by Crippen LogP contribution is -2.49. The molecule has 0 spiro atoms. The van der Waals surface area contributed by atoms with E-state index in [0.717, 1.165) is 42.5 Å². The Kier molecular flexibility index (Phi) is 5.79. The van der Waals surface area contributed by atoms with Crippen LogP contribution in [0, 0.1) is 0 Å². The molecular formula is C25H29N9O. The van der Waals surface area contributed by atoms with Crippen molar-refractivity contribution in [1.82, 2.24) is 30.6 Å². The van der Waals surface area contributed by atoms with Crippen LogP contribution in [-0.4, -0.2) is 51.0 Å². The first kappa shape index (κ1) is 21.6. The second-order valence-corrected chi connectivity index (χ2v) is 9.24. The molecule has 4 N–H and O–H groups in total. The molecule has 6 rings (SSSR count). The number of aromatic nitrogens is 5. The summed E-state index contributed by atoms with van der Waals surface area (Å²) < 4.78 is 5.54. The number of piperazine rings is 1. The Labute approximate surface area is 203 Å².